The number of amides is 2. The van der Waals surface area contributed by atoms with Crippen molar-refractivity contribution in [3.8, 4) is 0 Å². The number of carbonyl (C=O) groups is 2. The molecule has 5 rings (SSSR count). The van der Waals surface area contributed by atoms with Crippen molar-refractivity contribution in [1.82, 2.24) is 29.3 Å². The summed E-state index contributed by atoms with van der Waals surface area (Å²) in [6.45, 7) is 6.85. The van der Waals surface area contributed by atoms with E-state index in [0.717, 1.165) is 54.7 Å². The fourth-order valence-electron chi connectivity index (χ4n) is 6.14. The standard InChI is InChI=1S/C28H40N6O3/c1-18(2)22-17-29-34-24(16-23(20-7-8-20)30-27(22)34)26-21(19-9-13-32(14-10-19)28(36)37)11-15-33(26)25(35)6-5-12-31(3)4/h5-6,16-21,26H,7-15H2,1-4H3,(H,36,37)/b6-5+/t21-,26-/m0/s1. The van der Waals surface area contributed by atoms with E-state index in [0.29, 0.717) is 43.9 Å². The molecule has 4 heterocycles. The predicted molar refractivity (Wildman–Crippen MR) is 142 cm³/mol. The SMILES string of the molecule is CC(C)c1cnn2c([C@@H]3[C@H](C4CCN(C(=O)O)CC4)CCN3C(=O)/C=C/CN(C)C)cc(C3CC3)nc12. The highest BCUT2D eigenvalue weighted by atomic mass is 16.4. The van der Waals surface area contributed by atoms with Crippen LogP contribution in [0.3, 0.4) is 0 Å². The predicted octanol–water partition coefficient (Wildman–Crippen LogP) is 4.13. The van der Waals surface area contributed by atoms with E-state index in [4.69, 9.17) is 10.1 Å². The van der Waals surface area contributed by atoms with Crippen LogP contribution >= 0.6 is 0 Å². The van der Waals surface area contributed by atoms with E-state index >= 15 is 0 Å². The molecule has 3 aliphatic rings. The lowest BCUT2D eigenvalue weighted by atomic mass is 9.78. The summed E-state index contributed by atoms with van der Waals surface area (Å²) in [5.74, 6) is 1.44. The van der Waals surface area contributed by atoms with Crippen molar-refractivity contribution in [3.05, 3.63) is 41.4 Å². The summed E-state index contributed by atoms with van der Waals surface area (Å²) in [6.07, 6.45) is 9.62. The van der Waals surface area contributed by atoms with E-state index in [1.54, 1.807) is 6.08 Å². The van der Waals surface area contributed by atoms with Crippen LogP contribution in [0.4, 0.5) is 4.79 Å². The van der Waals surface area contributed by atoms with Gasteiger partial charge in [-0.2, -0.15) is 5.10 Å². The normalized spacial score (nSPS) is 23.3. The fourth-order valence-corrected chi connectivity index (χ4v) is 6.14. The quantitative estimate of drug-likeness (QED) is 0.565. The summed E-state index contributed by atoms with van der Waals surface area (Å²) in [5, 5.41) is 14.3. The molecule has 0 unspecified atom stereocenters. The molecule has 200 valence electrons. The molecular formula is C28H40N6O3. The van der Waals surface area contributed by atoms with Gasteiger partial charge in [0.1, 0.15) is 0 Å². The molecule has 0 aromatic carbocycles. The number of rotatable bonds is 7. The highest BCUT2D eigenvalue weighted by Gasteiger charge is 2.44. The van der Waals surface area contributed by atoms with Gasteiger partial charge in [-0.15, -0.1) is 0 Å². The smallest absolute Gasteiger partial charge is 0.407 e. The topological polar surface area (TPSA) is 94.3 Å². The largest absolute Gasteiger partial charge is 0.465 e. The Bertz CT molecular complexity index is 1180. The number of piperidine rings is 1. The third-order valence-electron chi connectivity index (χ3n) is 8.34. The van der Waals surface area contributed by atoms with Crippen LogP contribution in [0, 0.1) is 11.8 Å². The lowest BCUT2D eigenvalue weighted by molar-refractivity contribution is -0.127. The van der Waals surface area contributed by atoms with Crippen LogP contribution < -0.4 is 0 Å². The first-order chi connectivity index (χ1) is 17.7. The van der Waals surface area contributed by atoms with E-state index < -0.39 is 6.09 Å². The lowest BCUT2D eigenvalue weighted by Crippen LogP contribution is -2.41. The molecule has 0 bridgehead atoms. The first kappa shape index (κ1) is 25.7. The second-order valence-corrected chi connectivity index (χ2v) is 11.6. The number of likely N-dealkylation sites (tertiary alicyclic amines) is 2. The minimum atomic E-state index is -0.841. The van der Waals surface area contributed by atoms with Crippen LogP contribution in [0.15, 0.2) is 24.4 Å². The Morgan fingerprint density at radius 1 is 1.14 bits per heavy atom. The Morgan fingerprint density at radius 3 is 2.49 bits per heavy atom. The number of likely N-dealkylation sites (N-methyl/N-ethyl adjacent to an activating group) is 1. The molecule has 1 N–H and O–H groups in total. The summed E-state index contributed by atoms with van der Waals surface area (Å²) in [6, 6.07) is 2.10. The lowest BCUT2D eigenvalue weighted by Gasteiger charge is -2.37. The summed E-state index contributed by atoms with van der Waals surface area (Å²) in [4.78, 5) is 35.7. The van der Waals surface area contributed by atoms with Crippen molar-refractivity contribution >= 4 is 17.6 Å². The number of hydrogen-bond donors (Lipinski definition) is 1. The number of aromatic nitrogens is 3. The summed E-state index contributed by atoms with van der Waals surface area (Å²) >= 11 is 0. The van der Waals surface area contributed by atoms with E-state index in [9.17, 15) is 14.7 Å². The maximum absolute atomic E-state index is 13.6. The molecule has 2 saturated heterocycles. The molecule has 2 amide bonds. The number of hydrogen-bond acceptors (Lipinski definition) is 5. The molecule has 1 aliphatic carbocycles. The average Bonchev–Trinajstić information content (AvgIpc) is 3.47. The minimum Gasteiger partial charge on any atom is -0.465 e. The zero-order chi connectivity index (χ0) is 26.3. The van der Waals surface area contributed by atoms with Gasteiger partial charge in [0, 0.05) is 49.4 Å². The van der Waals surface area contributed by atoms with Gasteiger partial charge in [0.25, 0.3) is 0 Å². The van der Waals surface area contributed by atoms with E-state index in [1.807, 2.05) is 40.7 Å². The summed E-state index contributed by atoms with van der Waals surface area (Å²) in [7, 11) is 3.98. The Hall–Kier alpha value is -2.94. The maximum Gasteiger partial charge on any atom is 0.407 e. The third kappa shape index (κ3) is 5.23. The monoisotopic (exact) mass is 508 g/mol. The van der Waals surface area contributed by atoms with Gasteiger partial charge >= 0.3 is 6.09 Å². The molecule has 3 fully saturated rings. The molecule has 2 aromatic heterocycles. The van der Waals surface area contributed by atoms with Crippen LogP contribution in [0.25, 0.3) is 5.65 Å². The zero-order valence-electron chi connectivity index (χ0n) is 22.5. The van der Waals surface area contributed by atoms with E-state index in [-0.39, 0.29) is 17.9 Å². The molecule has 1 saturated carbocycles. The van der Waals surface area contributed by atoms with Crippen molar-refractivity contribution in [1.29, 1.82) is 0 Å². The van der Waals surface area contributed by atoms with Crippen LogP contribution in [-0.2, 0) is 4.79 Å². The average molecular weight is 509 g/mol. The van der Waals surface area contributed by atoms with Gasteiger partial charge in [0.15, 0.2) is 5.65 Å². The van der Waals surface area contributed by atoms with Crippen LogP contribution in [0.2, 0.25) is 0 Å². The zero-order valence-corrected chi connectivity index (χ0v) is 22.5. The van der Waals surface area contributed by atoms with Gasteiger partial charge in [-0.1, -0.05) is 19.9 Å². The molecule has 9 nitrogen and oxygen atoms in total. The molecule has 37 heavy (non-hydrogen) atoms. The van der Waals surface area contributed by atoms with E-state index in [1.165, 1.54) is 4.90 Å². The number of carboxylic acid groups (broad SMARTS) is 1. The third-order valence-corrected chi connectivity index (χ3v) is 8.34. The fraction of sp³-hybridized carbons (Fsp3) is 0.643. The van der Waals surface area contributed by atoms with Gasteiger partial charge in [-0.25, -0.2) is 14.3 Å². The molecule has 0 radical (unpaired) electrons. The van der Waals surface area contributed by atoms with Gasteiger partial charge in [-0.3, -0.25) is 4.79 Å². The van der Waals surface area contributed by atoms with E-state index in [2.05, 4.69) is 19.9 Å². The van der Waals surface area contributed by atoms with Gasteiger partial charge in [0.05, 0.1) is 17.9 Å². The number of fused-ring (bicyclic) bond motifs is 1. The van der Waals surface area contributed by atoms with Crippen molar-refractivity contribution in [3.63, 3.8) is 0 Å². The Balaban J connectivity index is 1.55. The van der Waals surface area contributed by atoms with Gasteiger partial charge in [0.2, 0.25) is 5.91 Å². The van der Waals surface area contributed by atoms with Crippen LogP contribution in [-0.4, -0.2) is 86.7 Å². The van der Waals surface area contributed by atoms with Crippen molar-refractivity contribution < 1.29 is 14.7 Å². The summed E-state index contributed by atoms with van der Waals surface area (Å²) < 4.78 is 1.99. The molecule has 2 aromatic rings. The van der Waals surface area contributed by atoms with Gasteiger partial charge in [-0.05, 0) is 70.0 Å². The number of carbonyl (C=O) groups excluding carboxylic acids is 1. The van der Waals surface area contributed by atoms with Crippen LogP contribution in [0.5, 0.6) is 0 Å². The molecular weight excluding hydrogens is 468 g/mol. The van der Waals surface area contributed by atoms with Crippen molar-refractivity contribution in [2.24, 2.45) is 11.8 Å². The van der Waals surface area contributed by atoms with Gasteiger partial charge < -0.3 is 19.8 Å². The molecule has 0 spiro atoms. The second kappa shape index (κ2) is 10.4. The Labute approximate surface area is 219 Å². The minimum absolute atomic E-state index is 0.0338. The first-order valence-corrected chi connectivity index (χ1v) is 13.7. The molecule has 2 aliphatic heterocycles. The first-order valence-electron chi connectivity index (χ1n) is 13.7. The number of nitrogens with zero attached hydrogens (tertiary/aromatic N) is 6. The van der Waals surface area contributed by atoms with Crippen LogP contribution in [0.1, 0.15) is 80.8 Å². The Morgan fingerprint density at radius 2 is 1.86 bits per heavy atom. The van der Waals surface area contributed by atoms with Crippen molar-refractivity contribution in [2.45, 2.75) is 63.8 Å². The molecule has 9 heteroatoms. The highest BCUT2D eigenvalue weighted by Crippen LogP contribution is 2.47. The highest BCUT2D eigenvalue weighted by molar-refractivity contribution is 5.88. The van der Waals surface area contributed by atoms with Crippen molar-refractivity contribution in [2.75, 3.05) is 40.3 Å². The summed E-state index contributed by atoms with van der Waals surface area (Å²) in [5.41, 5.74) is 4.22. The molecule has 2 atom stereocenters. The Kier molecular flexibility index (Phi) is 7.25. The maximum atomic E-state index is 13.6. The second-order valence-electron chi connectivity index (χ2n) is 11.6.